The van der Waals surface area contributed by atoms with Crippen LogP contribution in [0.4, 0.5) is 0 Å². The van der Waals surface area contributed by atoms with E-state index in [0.29, 0.717) is 16.6 Å². The molecule has 3 aromatic rings. The van der Waals surface area contributed by atoms with Crippen molar-refractivity contribution in [1.82, 2.24) is 20.1 Å². The number of benzene rings is 2. The summed E-state index contributed by atoms with van der Waals surface area (Å²) in [4.78, 5) is 12.9. The lowest BCUT2D eigenvalue weighted by Crippen LogP contribution is -2.51. The maximum atomic E-state index is 12.9. The molecule has 0 radical (unpaired) electrons. The molecular formula is C24H26ClN5OS. The van der Waals surface area contributed by atoms with E-state index < -0.39 is 10.8 Å². The highest BCUT2D eigenvalue weighted by Crippen LogP contribution is 2.28. The van der Waals surface area contributed by atoms with Crippen LogP contribution in [-0.2, 0) is 11.2 Å². The topological polar surface area (TPSA) is 83.6 Å². The molecule has 0 spiro atoms. The number of nitrogens with zero attached hydrogens (tertiary/aromatic N) is 4. The SMILES string of the molecule is CC(Sc1nnc(Cc2ccccc2)n1-c1ccc(Cl)cc1)C(=O)NC(C)(C#N)C(C)C. The second kappa shape index (κ2) is 10.2. The predicted molar refractivity (Wildman–Crippen MR) is 128 cm³/mol. The average molecular weight is 468 g/mol. The number of halogens is 1. The van der Waals surface area contributed by atoms with E-state index in [0.717, 1.165) is 17.1 Å². The van der Waals surface area contributed by atoms with E-state index in [9.17, 15) is 10.1 Å². The molecule has 2 unspecified atom stereocenters. The molecule has 1 N–H and O–H groups in total. The van der Waals surface area contributed by atoms with Crippen molar-refractivity contribution < 1.29 is 4.79 Å². The van der Waals surface area contributed by atoms with E-state index in [1.165, 1.54) is 11.8 Å². The second-order valence-corrected chi connectivity index (χ2v) is 9.84. The zero-order chi connectivity index (χ0) is 23.3. The smallest absolute Gasteiger partial charge is 0.234 e. The number of nitriles is 1. The van der Waals surface area contributed by atoms with Crippen LogP contribution in [0.3, 0.4) is 0 Å². The minimum atomic E-state index is -0.936. The summed E-state index contributed by atoms with van der Waals surface area (Å²) >= 11 is 7.39. The first kappa shape index (κ1) is 23.8. The number of nitrogens with one attached hydrogen (secondary N) is 1. The molecule has 0 aliphatic heterocycles. The second-order valence-electron chi connectivity index (χ2n) is 8.09. The molecular weight excluding hydrogens is 442 g/mol. The molecule has 0 saturated heterocycles. The van der Waals surface area contributed by atoms with Gasteiger partial charge in [-0.15, -0.1) is 10.2 Å². The molecule has 8 heteroatoms. The number of hydrogen-bond donors (Lipinski definition) is 1. The van der Waals surface area contributed by atoms with Gasteiger partial charge >= 0.3 is 0 Å². The molecule has 0 aliphatic rings. The molecule has 1 heterocycles. The van der Waals surface area contributed by atoms with E-state index in [1.54, 1.807) is 13.8 Å². The lowest BCUT2D eigenvalue weighted by molar-refractivity contribution is -0.121. The van der Waals surface area contributed by atoms with Crippen LogP contribution >= 0.6 is 23.4 Å². The van der Waals surface area contributed by atoms with Gasteiger partial charge in [0.25, 0.3) is 0 Å². The molecule has 0 fully saturated rings. The summed E-state index contributed by atoms with van der Waals surface area (Å²) in [6.45, 7) is 7.36. The fraction of sp³-hybridized carbons (Fsp3) is 0.333. The Kier molecular flexibility index (Phi) is 7.60. The summed E-state index contributed by atoms with van der Waals surface area (Å²) in [6.07, 6.45) is 0.595. The lowest BCUT2D eigenvalue weighted by Gasteiger charge is -2.28. The monoisotopic (exact) mass is 467 g/mol. The third-order valence-corrected chi connectivity index (χ3v) is 6.71. The van der Waals surface area contributed by atoms with Crippen molar-refractivity contribution in [3.63, 3.8) is 0 Å². The normalized spacial score (nSPS) is 13.9. The predicted octanol–water partition coefficient (Wildman–Crippen LogP) is 5.05. The highest BCUT2D eigenvalue weighted by atomic mass is 35.5. The number of carbonyl (C=O) groups is 1. The van der Waals surface area contributed by atoms with E-state index in [2.05, 4.69) is 21.6 Å². The van der Waals surface area contributed by atoms with Gasteiger partial charge in [-0.3, -0.25) is 9.36 Å². The van der Waals surface area contributed by atoms with Gasteiger partial charge in [0.2, 0.25) is 5.91 Å². The fourth-order valence-corrected chi connectivity index (χ4v) is 4.00. The number of thioether (sulfide) groups is 1. The Morgan fingerprint density at radius 2 is 1.81 bits per heavy atom. The van der Waals surface area contributed by atoms with Gasteiger partial charge in [-0.25, -0.2) is 0 Å². The Bertz CT molecular complexity index is 1110. The minimum Gasteiger partial charge on any atom is -0.337 e. The van der Waals surface area contributed by atoms with Crippen molar-refractivity contribution in [2.45, 2.75) is 50.1 Å². The molecule has 0 bridgehead atoms. The summed E-state index contributed by atoms with van der Waals surface area (Å²) in [5, 5.41) is 22.0. The third-order valence-electron chi connectivity index (χ3n) is 5.41. The number of rotatable bonds is 8. The highest BCUT2D eigenvalue weighted by molar-refractivity contribution is 8.00. The van der Waals surface area contributed by atoms with Gasteiger partial charge in [0.05, 0.1) is 11.3 Å². The standard InChI is InChI=1S/C24H26ClN5OS/c1-16(2)24(4,15-26)27-22(31)17(3)32-23-29-28-21(14-18-8-6-5-7-9-18)30(23)20-12-10-19(25)11-13-20/h5-13,16-17H,14H2,1-4H3,(H,27,31). The van der Waals surface area contributed by atoms with Crippen LogP contribution in [0.1, 0.15) is 39.1 Å². The Hall–Kier alpha value is -2.82. The zero-order valence-electron chi connectivity index (χ0n) is 18.5. The van der Waals surface area contributed by atoms with Crippen LogP contribution in [0.15, 0.2) is 59.8 Å². The molecule has 166 valence electrons. The molecule has 6 nitrogen and oxygen atoms in total. The van der Waals surface area contributed by atoms with Crippen molar-refractivity contribution in [3.05, 3.63) is 71.0 Å². The molecule has 1 amide bonds. The van der Waals surface area contributed by atoms with Gasteiger partial charge in [-0.05, 0) is 49.6 Å². The number of aromatic nitrogens is 3. The van der Waals surface area contributed by atoms with Crippen LogP contribution < -0.4 is 5.32 Å². The molecule has 1 aromatic heterocycles. The van der Waals surface area contributed by atoms with Crippen LogP contribution in [0.5, 0.6) is 0 Å². The summed E-state index contributed by atoms with van der Waals surface area (Å²) in [7, 11) is 0. The van der Waals surface area contributed by atoms with Crippen LogP contribution in [0.2, 0.25) is 5.02 Å². The molecule has 2 atom stereocenters. The molecule has 0 aliphatic carbocycles. The van der Waals surface area contributed by atoms with Crippen LogP contribution in [-0.4, -0.2) is 31.5 Å². The summed E-state index contributed by atoms with van der Waals surface area (Å²) in [5.74, 6) is 0.518. The Balaban J connectivity index is 1.90. The van der Waals surface area contributed by atoms with Crippen molar-refractivity contribution in [2.75, 3.05) is 0 Å². The third kappa shape index (κ3) is 5.50. The Morgan fingerprint density at radius 3 is 2.41 bits per heavy atom. The van der Waals surface area contributed by atoms with Gasteiger partial charge in [0.15, 0.2) is 5.16 Å². The van der Waals surface area contributed by atoms with Crippen LogP contribution in [0, 0.1) is 17.2 Å². The molecule has 0 saturated carbocycles. The number of amides is 1. The number of hydrogen-bond acceptors (Lipinski definition) is 5. The van der Waals surface area contributed by atoms with Crippen molar-refractivity contribution in [1.29, 1.82) is 5.26 Å². The van der Waals surface area contributed by atoms with E-state index >= 15 is 0 Å². The lowest BCUT2D eigenvalue weighted by atomic mass is 9.90. The minimum absolute atomic E-state index is 0.0242. The maximum Gasteiger partial charge on any atom is 0.234 e. The van der Waals surface area contributed by atoms with Crippen molar-refractivity contribution in [2.24, 2.45) is 5.92 Å². The first-order chi connectivity index (χ1) is 15.2. The molecule has 3 rings (SSSR count). The first-order valence-electron chi connectivity index (χ1n) is 10.4. The average Bonchev–Trinajstić information content (AvgIpc) is 3.16. The quantitative estimate of drug-likeness (QED) is 0.469. The maximum absolute atomic E-state index is 12.9. The van der Waals surface area contributed by atoms with E-state index in [-0.39, 0.29) is 11.8 Å². The molecule has 32 heavy (non-hydrogen) atoms. The fourth-order valence-electron chi connectivity index (χ4n) is 2.99. The van der Waals surface area contributed by atoms with E-state index in [1.807, 2.05) is 73.0 Å². The van der Waals surface area contributed by atoms with Gasteiger partial charge in [0.1, 0.15) is 11.4 Å². The summed E-state index contributed by atoms with van der Waals surface area (Å²) in [6, 6.07) is 19.7. The van der Waals surface area contributed by atoms with E-state index in [4.69, 9.17) is 11.6 Å². The van der Waals surface area contributed by atoms with Crippen molar-refractivity contribution >= 4 is 29.3 Å². The zero-order valence-corrected chi connectivity index (χ0v) is 20.1. The Morgan fingerprint density at radius 1 is 1.16 bits per heavy atom. The summed E-state index contributed by atoms with van der Waals surface area (Å²) < 4.78 is 1.95. The van der Waals surface area contributed by atoms with Gasteiger partial charge in [-0.2, -0.15) is 5.26 Å². The Labute approximate surface area is 198 Å². The highest BCUT2D eigenvalue weighted by Gasteiger charge is 2.32. The van der Waals surface area contributed by atoms with Gasteiger partial charge < -0.3 is 5.32 Å². The number of carbonyl (C=O) groups excluding carboxylic acids is 1. The first-order valence-corrected chi connectivity index (χ1v) is 11.6. The van der Waals surface area contributed by atoms with Gasteiger partial charge in [-0.1, -0.05) is 67.5 Å². The van der Waals surface area contributed by atoms with Crippen molar-refractivity contribution in [3.8, 4) is 11.8 Å². The molecule has 2 aromatic carbocycles. The largest absolute Gasteiger partial charge is 0.337 e. The van der Waals surface area contributed by atoms with Gasteiger partial charge in [0, 0.05) is 17.1 Å². The summed E-state index contributed by atoms with van der Waals surface area (Å²) in [5.41, 5.74) is 1.04. The van der Waals surface area contributed by atoms with Crippen LogP contribution in [0.25, 0.3) is 5.69 Å².